The quantitative estimate of drug-likeness (QED) is 0.821. The second-order valence-corrected chi connectivity index (χ2v) is 5.20. The van der Waals surface area contributed by atoms with E-state index in [-0.39, 0.29) is 0 Å². The summed E-state index contributed by atoms with van der Waals surface area (Å²) >= 11 is 1.56. The fraction of sp³-hybridized carbons (Fsp3) is 0.417. The van der Waals surface area contributed by atoms with Crippen LogP contribution in [-0.4, -0.2) is 23.5 Å². The highest BCUT2D eigenvalue weighted by molar-refractivity contribution is 7.13. The van der Waals surface area contributed by atoms with Gasteiger partial charge >= 0.3 is 0 Å². The molecule has 1 unspecified atom stereocenters. The highest BCUT2D eigenvalue weighted by Crippen LogP contribution is 2.30. The third kappa shape index (κ3) is 1.68. The van der Waals surface area contributed by atoms with Crippen LogP contribution in [-0.2, 0) is 0 Å². The highest BCUT2D eigenvalue weighted by Gasteiger charge is 2.18. The van der Waals surface area contributed by atoms with E-state index in [9.17, 15) is 0 Å². The normalized spacial score (nSPS) is 21.6. The predicted molar refractivity (Wildman–Crippen MR) is 69.0 cm³/mol. The van der Waals surface area contributed by atoms with Crippen LogP contribution in [0.25, 0.3) is 10.1 Å². The zero-order valence-electron chi connectivity index (χ0n) is 9.10. The van der Waals surface area contributed by atoms with Crippen molar-refractivity contribution < 1.29 is 0 Å². The standard InChI is InChI=1S/C12H15N3S/c13-9-3-2-6-15(8-9)11-4-1-5-12-10(11)7-14-16-12/h1,4-5,7,9H,2-3,6,8,13H2. The van der Waals surface area contributed by atoms with Crippen molar-refractivity contribution >= 4 is 27.3 Å². The zero-order chi connectivity index (χ0) is 11.0. The van der Waals surface area contributed by atoms with Gasteiger partial charge in [-0.2, -0.15) is 4.37 Å². The highest BCUT2D eigenvalue weighted by atomic mass is 32.1. The van der Waals surface area contributed by atoms with Crippen molar-refractivity contribution in [2.75, 3.05) is 18.0 Å². The molecule has 0 radical (unpaired) electrons. The third-order valence-electron chi connectivity index (χ3n) is 3.17. The van der Waals surface area contributed by atoms with E-state index < -0.39 is 0 Å². The maximum atomic E-state index is 6.03. The fourth-order valence-corrected chi connectivity index (χ4v) is 3.05. The van der Waals surface area contributed by atoms with Gasteiger partial charge in [-0.15, -0.1) is 0 Å². The minimum absolute atomic E-state index is 0.315. The summed E-state index contributed by atoms with van der Waals surface area (Å²) in [5.41, 5.74) is 7.32. The van der Waals surface area contributed by atoms with E-state index in [0.29, 0.717) is 6.04 Å². The van der Waals surface area contributed by atoms with E-state index >= 15 is 0 Å². The number of benzene rings is 1. The molecule has 0 amide bonds. The molecule has 16 heavy (non-hydrogen) atoms. The largest absolute Gasteiger partial charge is 0.369 e. The lowest BCUT2D eigenvalue weighted by molar-refractivity contribution is 0.507. The summed E-state index contributed by atoms with van der Waals surface area (Å²) in [5, 5.41) is 1.27. The monoisotopic (exact) mass is 233 g/mol. The lowest BCUT2D eigenvalue weighted by atomic mass is 10.1. The molecule has 3 nitrogen and oxygen atoms in total. The second-order valence-electron chi connectivity index (χ2n) is 4.36. The molecule has 0 spiro atoms. The number of aromatic nitrogens is 1. The number of rotatable bonds is 1. The Balaban J connectivity index is 2.01. The Morgan fingerprint density at radius 2 is 2.38 bits per heavy atom. The first-order valence-corrected chi connectivity index (χ1v) is 6.46. The van der Waals surface area contributed by atoms with Gasteiger partial charge in [-0.05, 0) is 36.5 Å². The summed E-state index contributed by atoms with van der Waals surface area (Å²) in [6, 6.07) is 6.72. The van der Waals surface area contributed by atoms with Gasteiger partial charge in [0.15, 0.2) is 0 Å². The lowest BCUT2D eigenvalue weighted by Gasteiger charge is -2.33. The Bertz CT molecular complexity index is 494. The van der Waals surface area contributed by atoms with Gasteiger partial charge in [0.1, 0.15) is 0 Å². The summed E-state index contributed by atoms with van der Waals surface area (Å²) in [4.78, 5) is 2.39. The molecule has 1 saturated heterocycles. The van der Waals surface area contributed by atoms with Gasteiger partial charge in [0.25, 0.3) is 0 Å². The minimum Gasteiger partial charge on any atom is -0.369 e. The van der Waals surface area contributed by atoms with Crippen molar-refractivity contribution in [3.05, 3.63) is 24.4 Å². The summed E-state index contributed by atoms with van der Waals surface area (Å²) in [6.45, 7) is 2.08. The Morgan fingerprint density at radius 1 is 1.44 bits per heavy atom. The average Bonchev–Trinajstić information content (AvgIpc) is 2.76. The maximum absolute atomic E-state index is 6.03. The van der Waals surface area contributed by atoms with Crippen LogP contribution in [0.2, 0.25) is 0 Å². The molecule has 84 valence electrons. The molecule has 1 atom stereocenters. The molecule has 1 fully saturated rings. The first kappa shape index (κ1) is 10.1. The molecule has 0 bridgehead atoms. The second kappa shape index (κ2) is 4.03. The molecule has 2 heterocycles. The number of fused-ring (bicyclic) bond motifs is 1. The molecular weight excluding hydrogens is 218 g/mol. The molecule has 1 aromatic carbocycles. The SMILES string of the molecule is NC1CCCN(c2cccc3sncc23)C1. The lowest BCUT2D eigenvalue weighted by Crippen LogP contribution is -2.42. The summed E-state index contributed by atoms with van der Waals surface area (Å²) in [6.07, 6.45) is 4.30. The van der Waals surface area contributed by atoms with Crippen molar-refractivity contribution in [2.24, 2.45) is 5.73 Å². The molecule has 1 aliphatic heterocycles. The number of nitrogens with two attached hydrogens (primary N) is 1. The van der Waals surface area contributed by atoms with E-state index in [0.717, 1.165) is 19.5 Å². The van der Waals surface area contributed by atoms with Gasteiger partial charge in [0.2, 0.25) is 0 Å². The molecular formula is C12H15N3S. The van der Waals surface area contributed by atoms with Crippen LogP contribution in [0.15, 0.2) is 24.4 Å². The first-order chi connectivity index (χ1) is 7.84. The van der Waals surface area contributed by atoms with E-state index in [1.807, 2.05) is 6.20 Å². The number of piperidine rings is 1. The molecule has 2 aromatic rings. The van der Waals surface area contributed by atoms with Crippen LogP contribution < -0.4 is 10.6 Å². The number of anilines is 1. The number of hydrogen-bond acceptors (Lipinski definition) is 4. The molecule has 3 rings (SSSR count). The first-order valence-electron chi connectivity index (χ1n) is 5.68. The molecule has 1 aliphatic rings. The number of hydrogen-bond donors (Lipinski definition) is 1. The van der Waals surface area contributed by atoms with Crippen LogP contribution in [0.5, 0.6) is 0 Å². The van der Waals surface area contributed by atoms with Gasteiger partial charge < -0.3 is 10.6 Å². The van der Waals surface area contributed by atoms with Gasteiger partial charge in [-0.1, -0.05) is 6.07 Å². The van der Waals surface area contributed by atoms with Gasteiger partial charge in [-0.3, -0.25) is 0 Å². The average molecular weight is 233 g/mol. The van der Waals surface area contributed by atoms with Crippen molar-refractivity contribution in [2.45, 2.75) is 18.9 Å². The van der Waals surface area contributed by atoms with Crippen molar-refractivity contribution in [1.29, 1.82) is 0 Å². The third-order valence-corrected chi connectivity index (χ3v) is 3.94. The Morgan fingerprint density at radius 3 is 3.25 bits per heavy atom. The fourth-order valence-electron chi connectivity index (χ4n) is 2.38. The van der Waals surface area contributed by atoms with Crippen LogP contribution in [0.1, 0.15) is 12.8 Å². The molecule has 4 heteroatoms. The van der Waals surface area contributed by atoms with Crippen LogP contribution in [0, 0.1) is 0 Å². The smallest absolute Gasteiger partial charge is 0.0570 e. The summed E-state index contributed by atoms with van der Waals surface area (Å²) < 4.78 is 5.52. The van der Waals surface area contributed by atoms with E-state index in [2.05, 4.69) is 27.5 Å². The topological polar surface area (TPSA) is 42.1 Å². The van der Waals surface area contributed by atoms with Crippen LogP contribution in [0.4, 0.5) is 5.69 Å². The molecule has 0 saturated carbocycles. The molecule has 1 aromatic heterocycles. The van der Waals surface area contributed by atoms with Crippen molar-refractivity contribution in [1.82, 2.24) is 4.37 Å². The van der Waals surface area contributed by atoms with Gasteiger partial charge in [0, 0.05) is 30.2 Å². The van der Waals surface area contributed by atoms with E-state index in [1.54, 1.807) is 11.5 Å². The Hall–Kier alpha value is -1.13. The minimum atomic E-state index is 0.315. The van der Waals surface area contributed by atoms with Crippen molar-refractivity contribution in [3.8, 4) is 0 Å². The number of nitrogens with zero attached hydrogens (tertiary/aromatic N) is 2. The van der Waals surface area contributed by atoms with E-state index in [1.165, 1.54) is 22.2 Å². The summed E-state index contributed by atoms with van der Waals surface area (Å²) in [7, 11) is 0. The van der Waals surface area contributed by atoms with Crippen LogP contribution >= 0.6 is 11.5 Å². The maximum Gasteiger partial charge on any atom is 0.0570 e. The Kier molecular flexibility index (Phi) is 2.53. The van der Waals surface area contributed by atoms with Gasteiger partial charge in [0.05, 0.1) is 10.9 Å². The predicted octanol–water partition coefficient (Wildman–Crippen LogP) is 2.22. The molecule has 0 aliphatic carbocycles. The van der Waals surface area contributed by atoms with Crippen LogP contribution in [0.3, 0.4) is 0 Å². The van der Waals surface area contributed by atoms with E-state index in [4.69, 9.17) is 5.73 Å². The Labute approximate surface area is 99.0 Å². The van der Waals surface area contributed by atoms with Crippen molar-refractivity contribution in [3.63, 3.8) is 0 Å². The zero-order valence-corrected chi connectivity index (χ0v) is 9.91. The molecule has 2 N–H and O–H groups in total. The van der Waals surface area contributed by atoms with Gasteiger partial charge in [-0.25, -0.2) is 0 Å². The summed E-state index contributed by atoms with van der Waals surface area (Å²) in [5.74, 6) is 0.